The molecule has 0 saturated carbocycles. The minimum Gasteiger partial charge on any atom is -0.497 e. The van der Waals surface area contributed by atoms with Gasteiger partial charge in [0.05, 0.1) is 7.11 Å². The molecular weight excluding hydrogens is 364 g/mol. The highest BCUT2D eigenvalue weighted by Crippen LogP contribution is 2.27. The fraction of sp³-hybridized carbons (Fsp3) is 0.474. The van der Waals surface area contributed by atoms with Crippen LogP contribution in [-0.4, -0.2) is 47.1 Å². The van der Waals surface area contributed by atoms with Gasteiger partial charge in [-0.2, -0.15) is 0 Å². The Bertz CT molecular complexity index is 746. The lowest BCUT2D eigenvalue weighted by atomic mass is 10.2. The number of anilines is 1. The third kappa shape index (κ3) is 6.32. The molecule has 0 saturated heterocycles. The lowest BCUT2D eigenvalue weighted by Crippen LogP contribution is -2.34. The second-order valence-corrected chi connectivity index (χ2v) is 7.05. The van der Waals surface area contributed by atoms with Gasteiger partial charge >= 0.3 is 0 Å². The summed E-state index contributed by atoms with van der Waals surface area (Å²) in [6, 6.07) is 7.50. The van der Waals surface area contributed by atoms with E-state index in [2.05, 4.69) is 15.5 Å². The number of benzene rings is 1. The smallest absolute Gasteiger partial charge is 0.227 e. The first-order valence-electron chi connectivity index (χ1n) is 9.12. The SMILES string of the molecule is CCCC(=O)N(CCC)CCC(=O)Nc1nnc(-c2ccc(OC)cc2)s1. The van der Waals surface area contributed by atoms with E-state index in [1.165, 1.54) is 11.3 Å². The lowest BCUT2D eigenvalue weighted by Gasteiger charge is -2.21. The molecule has 0 fully saturated rings. The minimum atomic E-state index is -0.169. The molecule has 0 atom stereocenters. The van der Waals surface area contributed by atoms with Crippen LogP contribution >= 0.6 is 11.3 Å². The molecule has 1 N–H and O–H groups in total. The molecule has 2 amide bonds. The largest absolute Gasteiger partial charge is 0.497 e. The van der Waals surface area contributed by atoms with Crippen molar-refractivity contribution in [1.29, 1.82) is 0 Å². The van der Waals surface area contributed by atoms with Gasteiger partial charge in [0.2, 0.25) is 16.9 Å². The molecule has 0 radical (unpaired) electrons. The van der Waals surface area contributed by atoms with Gasteiger partial charge in [0.15, 0.2) is 0 Å². The average Bonchev–Trinajstić information content (AvgIpc) is 3.13. The summed E-state index contributed by atoms with van der Waals surface area (Å²) in [5.41, 5.74) is 0.910. The van der Waals surface area contributed by atoms with Crippen LogP contribution in [0.5, 0.6) is 5.75 Å². The zero-order valence-electron chi connectivity index (χ0n) is 16.0. The van der Waals surface area contributed by atoms with Crippen LogP contribution in [0.2, 0.25) is 0 Å². The minimum absolute atomic E-state index is 0.102. The molecular formula is C19H26N4O3S. The Labute approximate surface area is 163 Å². The van der Waals surface area contributed by atoms with Gasteiger partial charge in [-0.05, 0) is 37.1 Å². The number of hydrogen-bond donors (Lipinski definition) is 1. The number of nitrogens with zero attached hydrogens (tertiary/aromatic N) is 3. The molecule has 0 bridgehead atoms. The summed E-state index contributed by atoms with van der Waals surface area (Å²) in [6.07, 6.45) is 2.44. The van der Waals surface area contributed by atoms with Gasteiger partial charge in [-0.25, -0.2) is 0 Å². The third-order valence-corrected chi connectivity index (χ3v) is 4.81. The lowest BCUT2D eigenvalue weighted by molar-refractivity contribution is -0.131. The van der Waals surface area contributed by atoms with Crippen molar-refractivity contribution in [3.8, 4) is 16.3 Å². The molecule has 0 aliphatic heterocycles. The maximum Gasteiger partial charge on any atom is 0.227 e. The summed E-state index contributed by atoms with van der Waals surface area (Å²) in [5.74, 6) is 0.703. The first-order valence-corrected chi connectivity index (χ1v) is 9.94. The summed E-state index contributed by atoms with van der Waals surface area (Å²) < 4.78 is 5.14. The number of rotatable bonds is 10. The Morgan fingerprint density at radius 1 is 1.07 bits per heavy atom. The second kappa shape index (κ2) is 10.6. The van der Waals surface area contributed by atoms with Crippen LogP contribution in [0.25, 0.3) is 10.6 Å². The molecule has 2 aromatic rings. The molecule has 1 aromatic heterocycles. The van der Waals surface area contributed by atoms with Crippen LogP contribution in [-0.2, 0) is 9.59 Å². The van der Waals surface area contributed by atoms with E-state index in [0.29, 0.717) is 24.6 Å². The Balaban J connectivity index is 1.90. The topological polar surface area (TPSA) is 84.4 Å². The number of ether oxygens (including phenoxy) is 1. The Morgan fingerprint density at radius 3 is 2.44 bits per heavy atom. The van der Waals surface area contributed by atoms with Gasteiger partial charge < -0.3 is 15.0 Å². The molecule has 146 valence electrons. The van der Waals surface area contributed by atoms with E-state index >= 15 is 0 Å². The molecule has 2 rings (SSSR count). The van der Waals surface area contributed by atoms with Crippen molar-refractivity contribution >= 4 is 28.3 Å². The summed E-state index contributed by atoms with van der Waals surface area (Å²) in [4.78, 5) is 26.0. The van der Waals surface area contributed by atoms with E-state index in [4.69, 9.17) is 4.74 Å². The van der Waals surface area contributed by atoms with Crippen LogP contribution in [0.15, 0.2) is 24.3 Å². The molecule has 0 aliphatic rings. The van der Waals surface area contributed by atoms with Crippen LogP contribution in [0.1, 0.15) is 39.5 Å². The molecule has 1 heterocycles. The monoisotopic (exact) mass is 390 g/mol. The zero-order valence-corrected chi connectivity index (χ0v) is 16.8. The van der Waals surface area contributed by atoms with Gasteiger partial charge in [-0.15, -0.1) is 10.2 Å². The van der Waals surface area contributed by atoms with Crippen LogP contribution in [0.4, 0.5) is 5.13 Å². The number of carbonyl (C=O) groups excluding carboxylic acids is 2. The maximum atomic E-state index is 12.2. The van der Waals surface area contributed by atoms with Crippen molar-refractivity contribution in [3.05, 3.63) is 24.3 Å². The number of methoxy groups -OCH3 is 1. The quantitative estimate of drug-likeness (QED) is 0.670. The summed E-state index contributed by atoms with van der Waals surface area (Å²) in [7, 11) is 1.62. The van der Waals surface area contributed by atoms with Gasteiger partial charge in [0, 0.05) is 31.5 Å². The molecule has 7 nitrogen and oxygen atoms in total. The van der Waals surface area contributed by atoms with Crippen molar-refractivity contribution in [1.82, 2.24) is 15.1 Å². The average molecular weight is 391 g/mol. The Morgan fingerprint density at radius 2 is 1.81 bits per heavy atom. The fourth-order valence-corrected chi connectivity index (χ4v) is 3.31. The van der Waals surface area contributed by atoms with Crippen molar-refractivity contribution in [3.63, 3.8) is 0 Å². The summed E-state index contributed by atoms with van der Waals surface area (Å²) in [5, 5.41) is 12.1. The van der Waals surface area contributed by atoms with Gasteiger partial charge in [0.1, 0.15) is 10.8 Å². The normalized spacial score (nSPS) is 10.5. The Hall–Kier alpha value is -2.48. The Kier molecular flexibility index (Phi) is 8.19. The highest BCUT2D eigenvalue weighted by atomic mass is 32.1. The van der Waals surface area contributed by atoms with Crippen LogP contribution in [0.3, 0.4) is 0 Å². The van der Waals surface area contributed by atoms with Gasteiger partial charge in [-0.1, -0.05) is 25.2 Å². The molecule has 0 aliphatic carbocycles. The van der Waals surface area contributed by atoms with Crippen molar-refractivity contribution in [2.24, 2.45) is 0 Å². The molecule has 1 aromatic carbocycles. The molecule has 0 spiro atoms. The second-order valence-electron chi connectivity index (χ2n) is 6.07. The summed E-state index contributed by atoms with van der Waals surface area (Å²) in [6.45, 7) is 5.09. The maximum absolute atomic E-state index is 12.2. The van der Waals surface area contributed by atoms with E-state index < -0.39 is 0 Å². The fourth-order valence-electron chi connectivity index (χ4n) is 2.55. The predicted octanol–water partition coefficient (Wildman–Crippen LogP) is 3.58. The van der Waals surface area contributed by atoms with E-state index in [-0.39, 0.29) is 18.2 Å². The highest BCUT2D eigenvalue weighted by molar-refractivity contribution is 7.18. The number of carbonyl (C=O) groups is 2. The number of nitrogens with one attached hydrogen (secondary N) is 1. The molecule has 8 heteroatoms. The van der Waals surface area contributed by atoms with Crippen LogP contribution in [0, 0.1) is 0 Å². The standard InChI is InChI=1S/C19H26N4O3S/c1-4-6-17(25)23(12-5-2)13-11-16(24)20-19-22-21-18(27-19)14-7-9-15(26-3)10-8-14/h7-10H,4-6,11-13H2,1-3H3,(H,20,22,24). The van der Waals surface area contributed by atoms with E-state index in [9.17, 15) is 9.59 Å². The van der Waals surface area contributed by atoms with Crippen molar-refractivity contribution in [2.45, 2.75) is 39.5 Å². The van der Waals surface area contributed by atoms with Crippen LogP contribution < -0.4 is 10.1 Å². The first-order chi connectivity index (χ1) is 13.1. The number of hydrogen-bond acceptors (Lipinski definition) is 6. The number of amides is 2. The van der Waals surface area contributed by atoms with Gasteiger partial charge in [-0.3, -0.25) is 9.59 Å². The van der Waals surface area contributed by atoms with Crippen molar-refractivity contribution in [2.75, 3.05) is 25.5 Å². The third-order valence-electron chi connectivity index (χ3n) is 3.93. The van der Waals surface area contributed by atoms with E-state index in [0.717, 1.165) is 29.2 Å². The number of aromatic nitrogens is 2. The molecule has 27 heavy (non-hydrogen) atoms. The first kappa shape index (κ1) is 20.8. The van der Waals surface area contributed by atoms with E-state index in [1.807, 2.05) is 38.1 Å². The molecule has 0 unspecified atom stereocenters. The predicted molar refractivity (Wildman–Crippen MR) is 107 cm³/mol. The van der Waals surface area contributed by atoms with Crippen molar-refractivity contribution < 1.29 is 14.3 Å². The highest BCUT2D eigenvalue weighted by Gasteiger charge is 2.15. The van der Waals surface area contributed by atoms with Gasteiger partial charge in [0.25, 0.3) is 0 Å². The van der Waals surface area contributed by atoms with E-state index in [1.54, 1.807) is 12.0 Å². The summed E-state index contributed by atoms with van der Waals surface area (Å²) >= 11 is 1.31. The zero-order chi connectivity index (χ0) is 19.6.